The van der Waals surface area contributed by atoms with E-state index in [1.165, 1.54) is 77.0 Å². The first kappa shape index (κ1) is 19.9. The molecule has 0 unspecified atom stereocenters. The first-order valence-corrected chi connectivity index (χ1v) is 9.06. The highest BCUT2D eigenvalue weighted by atomic mass is 19.1. The van der Waals surface area contributed by atoms with Crippen LogP contribution in [0.25, 0.3) is 0 Å². The van der Waals surface area contributed by atoms with Crippen LogP contribution in [0, 0.1) is 0 Å². The van der Waals surface area contributed by atoms with Gasteiger partial charge in [0.25, 0.3) is 0 Å². The molecule has 0 bridgehead atoms. The molecule has 2 heteroatoms. The molecule has 20 heavy (non-hydrogen) atoms. The molecule has 0 rings (SSSR count). The fourth-order valence-corrected chi connectivity index (χ4v) is 2.67. The molecular weight excluding hydrogens is 251 g/mol. The minimum atomic E-state index is -0.140. The van der Waals surface area contributed by atoms with E-state index in [9.17, 15) is 9.50 Å². The van der Waals surface area contributed by atoms with Gasteiger partial charge in [-0.25, -0.2) is 5.11 Å². The highest BCUT2D eigenvalue weighted by molar-refractivity contribution is 4.50. The molecule has 0 aliphatic carbocycles. The summed E-state index contributed by atoms with van der Waals surface area (Å²) in [6.07, 6.45) is 19.9. The SMILES string of the molecule is [O]CCCCCCCCCCCCCCCCCCF. The van der Waals surface area contributed by atoms with Gasteiger partial charge in [-0.1, -0.05) is 89.9 Å². The summed E-state index contributed by atoms with van der Waals surface area (Å²) in [5.41, 5.74) is 0. The van der Waals surface area contributed by atoms with Gasteiger partial charge < -0.3 is 0 Å². The summed E-state index contributed by atoms with van der Waals surface area (Å²) >= 11 is 0. The number of alkyl halides is 1. The zero-order chi connectivity index (χ0) is 14.7. The standard InChI is InChI=1S/C18H36FO/c19-17-15-13-11-9-7-5-3-1-2-4-6-8-10-12-14-16-18-20/h1-18H2. The zero-order valence-corrected chi connectivity index (χ0v) is 13.5. The van der Waals surface area contributed by atoms with Crippen molar-refractivity contribution in [1.82, 2.24) is 0 Å². The van der Waals surface area contributed by atoms with Gasteiger partial charge >= 0.3 is 0 Å². The van der Waals surface area contributed by atoms with E-state index in [1.807, 2.05) is 0 Å². The van der Waals surface area contributed by atoms with Crippen LogP contribution < -0.4 is 0 Å². The molecule has 0 fully saturated rings. The highest BCUT2D eigenvalue weighted by Gasteiger charge is 1.94. The fraction of sp³-hybridized carbons (Fsp3) is 1.00. The Kier molecular flexibility index (Phi) is 18.8. The zero-order valence-electron chi connectivity index (χ0n) is 13.5. The second-order valence-corrected chi connectivity index (χ2v) is 6.05. The minimum Gasteiger partial charge on any atom is -0.251 e. The minimum absolute atomic E-state index is 0.107. The van der Waals surface area contributed by atoms with E-state index in [0.29, 0.717) is 0 Å². The van der Waals surface area contributed by atoms with Crippen molar-refractivity contribution < 1.29 is 9.50 Å². The average molecular weight is 287 g/mol. The first-order chi connectivity index (χ1) is 9.91. The Labute approximate surface area is 126 Å². The highest BCUT2D eigenvalue weighted by Crippen LogP contribution is 2.13. The van der Waals surface area contributed by atoms with Gasteiger partial charge in [-0.15, -0.1) is 0 Å². The van der Waals surface area contributed by atoms with Gasteiger partial charge in [0.2, 0.25) is 0 Å². The molecular formula is C18H36FO. The van der Waals surface area contributed by atoms with E-state index < -0.39 is 0 Å². The third kappa shape index (κ3) is 17.9. The lowest BCUT2D eigenvalue weighted by atomic mass is 10.0. The molecule has 0 heterocycles. The van der Waals surface area contributed by atoms with Gasteiger partial charge in [-0.3, -0.25) is 4.39 Å². The van der Waals surface area contributed by atoms with Crippen molar-refractivity contribution in [3.63, 3.8) is 0 Å². The molecule has 1 nitrogen and oxygen atoms in total. The lowest BCUT2D eigenvalue weighted by Gasteiger charge is -2.03. The van der Waals surface area contributed by atoms with Crippen LogP contribution in [0.15, 0.2) is 0 Å². The Bertz CT molecular complexity index is 143. The fourth-order valence-electron chi connectivity index (χ4n) is 2.67. The number of hydrogen-bond donors (Lipinski definition) is 0. The van der Waals surface area contributed by atoms with Gasteiger partial charge in [-0.2, -0.15) is 0 Å². The molecule has 0 aromatic carbocycles. The first-order valence-electron chi connectivity index (χ1n) is 9.06. The molecule has 0 aliphatic rings. The maximum Gasteiger partial charge on any atom is 0.0894 e. The largest absolute Gasteiger partial charge is 0.251 e. The number of hydrogen-bond acceptors (Lipinski definition) is 0. The van der Waals surface area contributed by atoms with Crippen LogP contribution in [-0.4, -0.2) is 13.3 Å². The number of unbranched alkanes of at least 4 members (excludes halogenated alkanes) is 15. The van der Waals surface area contributed by atoms with Crippen molar-refractivity contribution in [3.05, 3.63) is 0 Å². The monoisotopic (exact) mass is 287 g/mol. The van der Waals surface area contributed by atoms with Crippen molar-refractivity contribution in [2.24, 2.45) is 0 Å². The van der Waals surface area contributed by atoms with Gasteiger partial charge in [0.15, 0.2) is 0 Å². The van der Waals surface area contributed by atoms with E-state index in [-0.39, 0.29) is 13.3 Å². The van der Waals surface area contributed by atoms with Crippen molar-refractivity contribution in [1.29, 1.82) is 0 Å². The lowest BCUT2D eigenvalue weighted by molar-refractivity contribution is 0.186. The Morgan fingerprint density at radius 1 is 0.400 bits per heavy atom. The summed E-state index contributed by atoms with van der Waals surface area (Å²) in [6, 6.07) is 0. The Morgan fingerprint density at radius 2 is 0.650 bits per heavy atom. The van der Waals surface area contributed by atoms with E-state index >= 15 is 0 Å². The van der Waals surface area contributed by atoms with Gasteiger partial charge in [0.1, 0.15) is 0 Å². The summed E-state index contributed by atoms with van der Waals surface area (Å²) < 4.78 is 11.9. The molecule has 0 aliphatic heterocycles. The Hall–Kier alpha value is -0.110. The number of halogens is 1. The summed E-state index contributed by atoms with van der Waals surface area (Å²) in [7, 11) is 0. The third-order valence-corrected chi connectivity index (χ3v) is 4.03. The maximum absolute atomic E-state index is 11.9. The van der Waals surface area contributed by atoms with Crippen molar-refractivity contribution >= 4 is 0 Å². The molecule has 0 N–H and O–H groups in total. The smallest absolute Gasteiger partial charge is 0.0894 e. The molecule has 0 amide bonds. The topological polar surface area (TPSA) is 19.9 Å². The van der Waals surface area contributed by atoms with Crippen molar-refractivity contribution in [2.45, 2.75) is 103 Å². The molecule has 1 radical (unpaired) electrons. The van der Waals surface area contributed by atoms with Crippen molar-refractivity contribution in [3.8, 4) is 0 Å². The predicted molar refractivity (Wildman–Crippen MR) is 85.4 cm³/mol. The van der Waals surface area contributed by atoms with Crippen LogP contribution in [0.1, 0.15) is 103 Å². The molecule has 121 valence electrons. The van der Waals surface area contributed by atoms with Gasteiger partial charge in [-0.05, 0) is 12.8 Å². The van der Waals surface area contributed by atoms with Crippen LogP contribution in [0.2, 0.25) is 0 Å². The second kappa shape index (κ2) is 18.9. The van der Waals surface area contributed by atoms with E-state index in [2.05, 4.69) is 0 Å². The average Bonchev–Trinajstić information content (AvgIpc) is 2.47. The summed E-state index contributed by atoms with van der Waals surface area (Å²) in [5, 5.41) is 10.3. The van der Waals surface area contributed by atoms with Crippen LogP contribution in [-0.2, 0) is 5.11 Å². The molecule has 0 aromatic heterocycles. The molecule has 0 saturated carbocycles. The van der Waals surface area contributed by atoms with Crippen LogP contribution in [0.4, 0.5) is 4.39 Å². The maximum atomic E-state index is 11.9. The summed E-state index contributed by atoms with van der Waals surface area (Å²) in [5.74, 6) is 0. The van der Waals surface area contributed by atoms with E-state index in [0.717, 1.165) is 25.7 Å². The quantitative estimate of drug-likeness (QED) is 0.268. The normalized spacial score (nSPS) is 11.1. The second-order valence-electron chi connectivity index (χ2n) is 6.05. The molecule has 0 atom stereocenters. The molecule has 0 aromatic rings. The Morgan fingerprint density at radius 3 is 0.900 bits per heavy atom. The van der Waals surface area contributed by atoms with Crippen LogP contribution in [0.5, 0.6) is 0 Å². The predicted octanol–water partition coefficient (Wildman–Crippen LogP) is 6.63. The molecule has 0 spiro atoms. The van der Waals surface area contributed by atoms with Gasteiger partial charge in [0, 0.05) is 0 Å². The summed E-state index contributed by atoms with van der Waals surface area (Å²) in [4.78, 5) is 0. The summed E-state index contributed by atoms with van der Waals surface area (Å²) in [6.45, 7) is -0.0332. The van der Waals surface area contributed by atoms with Gasteiger partial charge in [0.05, 0.1) is 13.3 Å². The Balaban J connectivity index is 2.89. The third-order valence-electron chi connectivity index (χ3n) is 4.03. The van der Waals surface area contributed by atoms with E-state index in [4.69, 9.17) is 0 Å². The van der Waals surface area contributed by atoms with Crippen LogP contribution >= 0.6 is 0 Å². The number of rotatable bonds is 17. The molecule has 0 saturated heterocycles. The van der Waals surface area contributed by atoms with Crippen molar-refractivity contribution in [2.75, 3.05) is 13.3 Å². The van der Waals surface area contributed by atoms with Crippen LogP contribution in [0.3, 0.4) is 0 Å². The lowest BCUT2D eigenvalue weighted by Crippen LogP contribution is -1.84. The van der Waals surface area contributed by atoms with E-state index in [1.54, 1.807) is 0 Å².